The summed E-state index contributed by atoms with van der Waals surface area (Å²) in [7, 11) is 5.48. The standard InChI is InChI=1S/C39H56N4O7/c1-22-31-17-27(39(31,3)4)18-32(22)41-38(47)35-34(23(2)45)33(21-44)50-43(35)20-24-10-8-12-30(36(24)48-7)25-14-26(16-28(15-25)42(5)6)37(46)40-19-29-11-9-13-49-29/h8,10,12,14-16,22-23,27,29,31-35,44-45H,9,11,13,17-21H2,1-7H3,(H,40,46)(H,41,47)/t22-,23-,27+,29+,31-,32-,33-,34-,35-/m0/s1. The van der Waals surface area contributed by atoms with Gasteiger partial charge in [0, 0.05) is 61.6 Å². The van der Waals surface area contributed by atoms with Gasteiger partial charge >= 0.3 is 0 Å². The molecule has 0 spiro atoms. The van der Waals surface area contributed by atoms with E-state index >= 15 is 0 Å². The van der Waals surface area contributed by atoms with Crippen molar-refractivity contribution < 1.29 is 34.1 Å². The highest BCUT2D eigenvalue weighted by atomic mass is 16.7. The molecule has 3 saturated carbocycles. The van der Waals surface area contributed by atoms with E-state index in [0.29, 0.717) is 35.6 Å². The summed E-state index contributed by atoms with van der Waals surface area (Å²) in [5.74, 6) is 1.06. The Morgan fingerprint density at radius 3 is 2.58 bits per heavy atom. The van der Waals surface area contributed by atoms with Crippen molar-refractivity contribution in [3.63, 3.8) is 0 Å². The number of hydrogen-bond acceptors (Lipinski definition) is 9. The van der Waals surface area contributed by atoms with E-state index in [1.807, 2.05) is 55.4 Å². The second kappa shape index (κ2) is 14.8. The number of aliphatic hydroxyl groups is 2. The van der Waals surface area contributed by atoms with Crippen molar-refractivity contribution in [3.8, 4) is 16.9 Å². The molecule has 3 aliphatic carbocycles. The zero-order valence-corrected chi connectivity index (χ0v) is 30.6. The summed E-state index contributed by atoms with van der Waals surface area (Å²) in [6.45, 7) is 9.59. The minimum atomic E-state index is -0.893. The quantitative estimate of drug-likeness (QED) is 0.261. The number of carbonyl (C=O) groups excluding carboxylic acids is 2. The first-order valence-corrected chi connectivity index (χ1v) is 18.2. The molecule has 274 valence electrons. The van der Waals surface area contributed by atoms with Gasteiger partial charge in [-0.15, -0.1) is 0 Å². The average Bonchev–Trinajstić information content (AvgIpc) is 3.75. The van der Waals surface area contributed by atoms with Gasteiger partial charge in [-0.3, -0.25) is 14.4 Å². The molecule has 9 atom stereocenters. The first-order chi connectivity index (χ1) is 23.8. The van der Waals surface area contributed by atoms with Crippen molar-refractivity contribution in [2.45, 2.75) is 90.3 Å². The van der Waals surface area contributed by atoms with E-state index in [1.54, 1.807) is 19.1 Å². The minimum absolute atomic E-state index is 0.0358. The highest BCUT2D eigenvalue weighted by Crippen LogP contribution is 2.61. The molecule has 0 radical (unpaired) electrons. The number of nitrogens with one attached hydrogen (secondary N) is 2. The number of fused-ring (bicyclic) bond motifs is 2. The largest absolute Gasteiger partial charge is 0.496 e. The molecule has 2 aromatic carbocycles. The lowest BCUT2D eigenvalue weighted by Gasteiger charge is -2.62. The van der Waals surface area contributed by atoms with E-state index in [1.165, 1.54) is 6.42 Å². The molecule has 2 amide bonds. The van der Waals surface area contributed by atoms with Gasteiger partial charge in [0.05, 0.1) is 32.5 Å². The van der Waals surface area contributed by atoms with E-state index in [9.17, 15) is 19.8 Å². The molecule has 5 fully saturated rings. The van der Waals surface area contributed by atoms with Crippen LogP contribution in [0.3, 0.4) is 0 Å². The third kappa shape index (κ3) is 6.99. The van der Waals surface area contributed by atoms with E-state index in [2.05, 4.69) is 31.4 Å². The summed E-state index contributed by atoms with van der Waals surface area (Å²) in [4.78, 5) is 35.8. The van der Waals surface area contributed by atoms with Crippen LogP contribution in [0.4, 0.5) is 5.69 Å². The molecule has 4 N–H and O–H groups in total. The van der Waals surface area contributed by atoms with Gasteiger partial charge in [0.2, 0.25) is 5.91 Å². The molecule has 2 heterocycles. The SMILES string of the molecule is COc1c(CN2O[C@@H](CO)[C@H]([C@H](C)O)[C@H]2C(=O)N[C@H]2C[C@H]3C[C@@H]([C@@H]2C)C3(C)C)cccc1-c1cc(C(=O)NC[C@H]2CCCO2)cc(N(C)C)c1. The fraction of sp³-hybridized carbons (Fsp3) is 0.641. The van der Waals surface area contributed by atoms with E-state index < -0.39 is 24.2 Å². The van der Waals surface area contributed by atoms with Crippen molar-refractivity contribution in [1.29, 1.82) is 0 Å². The fourth-order valence-corrected chi connectivity index (χ4v) is 9.10. The van der Waals surface area contributed by atoms with Gasteiger partial charge in [0.25, 0.3) is 5.91 Å². The van der Waals surface area contributed by atoms with E-state index in [0.717, 1.165) is 48.2 Å². The first-order valence-electron chi connectivity index (χ1n) is 18.2. The molecular weight excluding hydrogens is 636 g/mol. The number of anilines is 1. The maximum absolute atomic E-state index is 14.2. The summed E-state index contributed by atoms with van der Waals surface area (Å²) in [5, 5.41) is 29.2. The number of carbonyl (C=O) groups is 2. The molecule has 2 aromatic rings. The second-order valence-corrected chi connectivity index (χ2v) is 15.7. The fourth-order valence-electron chi connectivity index (χ4n) is 9.10. The van der Waals surface area contributed by atoms with Gasteiger partial charge in [-0.25, -0.2) is 0 Å². The molecule has 50 heavy (non-hydrogen) atoms. The minimum Gasteiger partial charge on any atom is -0.496 e. The summed E-state index contributed by atoms with van der Waals surface area (Å²) in [5.41, 5.74) is 4.03. The normalized spacial score (nSPS) is 30.7. The Hall–Kier alpha value is -3.22. The highest BCUT2D eigenvalue weighted by molar-refractivity contribution is 5.97. The van der Waals surface area contributed by atoms with Crippen LogP contribution in [0.5, 0.6) is 5.75 Å². The van der Waals surface area contributed by atoms with Crippen LogP contribution in [-0.2, 0) is 20.9 Å². The van der Waals surface area contributed by atoms with Crippen LogP contribution in [0, 0.1) is 29.1 Å². The lowest BCUT2D eigenvalue weighted by Crippen LogP contribution is -2.62. The molecule has 0 aromatic heterocycles. The van der Waals surface area contributed by atoms with Gasteiger partial charge < -0.3 is 35.2 Å². The number of hydrogen-bond donors (Lipinski definition) is 4. The number of methoxy groups -OCH3 is 1. The lowest BCUT2D eigenvalue weighted by molar-refractivity contribution is -0.183. The van der Waals surface area contributed by atoms with Crippen LogP contribution in [-0.4, -0.2) is 98.4 Å². The maximum Gasteiger partial charge on any atom is 0.251 e. The third-order valence-electron chi connectivity index (χ3n) is 12.2. The summed E-state index contributed by atoms with van der Waals surface area (Å²) in [6, 6.07) is 10.8. The van der Waals surface area contributed by atoms with Crippen molar-refractivity contribution >= 4 is 17.5 Å². The molecule has 7 rings (SSSR count). The predicted molar refractivity (Wildman–Crippen MR) is 192 cm³/mol. The van der Waals surface area contributed by atoms with Crippen molar-refractivity contribution in [1.82, 2.24) is 15.7 Å². The first kappa shape index (κ1) is 36.6. The zero-order valence-electron chi connectivity index (χ0n) is 30.6. The van der Waals surface area contributed by atoms with Crippen molar-refractivity contribution in [2.75, 3.05) is 45.9 Å². The highest BCUT2D eigenvalue weighted by Gasteiger charge is 2.57. The predicted octanol–water partition coefficient (Wildman–Crippen LogP) is 4.00. The Balaban J connectivity index is 1.27. The molecular formula is C39H56N4O7. The van der Waals surface area contributed by atoms with E-state index in [-0.39, 0.29) is 42.5 Å². The zero-order chi connectivity index (χ0) is 35.9. The van der Waals surface area contributed by atoms with Gasteiger partial charge in [0.15, 0.2) is 0 Å². The lowest BCUT2D eigenvalue weighted by atomic mass is 9.45. The van der Waals surface area contributed by atoms with E-state index in [4.69, 9.17) is 14.3 Å². The van der Waals surface area contributed by atoms with Crippen molar-refractivity contribution in [2.24, 2.45) is 29.1 Å². The molecule has 2 saturated heterocycles. The summed E-state index contributed by atoms with van der Waals surface area (Å²) < 4.78 is 11.7. The number of ether oxygens (including phenoxy) is 2. The topological polar surface area (TPSA) is 133 Å². The molecule has 11 nitrogen and oxygen atoms in total. The van der Waals surface area contributed by atoms with Gasteiger partial charge in [0.1, 0.15) is 17.9 Å². The number of hydroxylamine groups is 2. The van der Waals surface area contributed by atoms with Crippen LogP contribution in [0.15, 0.2) is 36.4 Å². The van der Waals surface area contributed by atoms with Crippen LogP contribution in [0.1, 0.15) is 69.3 Å². The smallest absolute Gasteiger partial charge is 0.251 e. The average molecular weight is 693 g/mol. The number of nitrogens with zero attached hydrogens (tertiary/aromatic N) is 2. The molecule has 11 heteroatoms. The van der Waals surface area contributed by atoms with Crippen LogP contribution < -0.4 is 20.3 Å². The monoisotopic (exact) mass is 692 g/mol. The van der Waals surface area contributed by atoms with Gasteiger partial charge in [-0.05, 0) is 79.5 Å². The third-order valence-corrected chi connectivity index (χ3v) is 12.2. The molecule has 2 aliphatic heterocycles. The van der Waals surface area contributed by atoms with Crippen LogP contribution >= 0.6 is 0 Å². The Morgan fingerprint density at radius 2 is 1.96 bits per heavy atom. The maximum atomic E-state index is 14.2. The number of benzene rings is 2. The van der Waals surface area contributed by atoms with Gasteiger partial charge in [-0.2, -0.15) is 5.06 Å². The van der Waals surface area contributed by atoms with Crippen LogP contribution in [0.2, 0.25) is 0 Å². The summed E-state index contributed by atoms with van der Waals surface area (Å²) >= 11 is 0. The molecule has 0 unspecified atom stereocenters. The Labute approximate surface area is 296 Å². The number of aliphatic hydroxyl groups excluding tert-OH is 2. The number of amides is 2. The number of rotatable bonds is 12. The molecule has 5 aliphatic rings. The molecule has 2 bridgehead atoms. The van der Waals surface area contributed by atoms with Gasteiger partial charge in [-0.1, -0.05) is 39.0 Å². The van der Waals surface area contributed by atoms with Crippen LogP contribution in [0.25, 0.3) is 11.1 Å². The Kier molecular flexibility index (Phi) is 10.8. The number of para-hydroxylation sites is 1. The second-order valence-electron chi connectivity index (χ2n) is 15.7. The summed E-state index contributed by atoms with van der Waals surface area (Å²) in [6.07, 6.45) is 2.48. The van der Waals surface area contributed by atoms with Crippen molar-refractivity contribution in [3.05, 3.63) is 47.5 Å². The Morgan fingerprint density at radius 1 is 1.18 bits per heavy atom. The Bertz CT molecular complexity index is 1540.